The van der Waals surface area contributed by atoms with Gasteiger partial charge in [0.2, 0.25) is 0 Å². The molecular formula is C17H30N2O2. The van der Waals surface area contributed by atoms with E-state index in [1.165, 1.54) is 38.8 Å². The van der Waals surface area contributed by atoms with Gasteiger partial charge in [-0.05, 0) is 77.8 Å². The number of hydrogen-bond donors (Lipinski definition) is 0. The number of carbonyl (C=O) groups is 1. The van der Waals surface area contributed by atoms with E-state index in [0.29, 0.717) is 5.41 Å². The van der Waals surface area contributed by atoms with Gasteiger partial charge in [-0.2, -0.15) is 0 Å². The normalized spacial score (nSPS) is 26.9. The first-order chi connectivity index (χ1) is 9.87. The van der Waals surface area contributed by atoms with Gasteiger partial charge in [0.25, 0.3) is 0 Å². The van der Waals surface area contributed by atoms with Gasteiger partial charge in [0, 0.05) is 19.1 Å². The molecule has 120 valence electrons. The van der Waals surface area contributed by atoms with Crippen molar-refractivity contribution in [1.82, 2.24) is 9.80 Å². The van der Waals surface area contributed by atoms with Crippen molar-refractivity contribution in [3.05, 3.63) is 0 Å². The molecule has 3 fully saturated rings. The summed E-state index contributed by atoms with van der Waals surface area (Å²) in [5, 5.41) is 0. The number of likely N-dealkylation sites (tertiary alicyclic amines) is 2. The van der Waals surface area contributed by atoms with Crippen molar-refractivity contribution in [1.29, 1.82) is 0 Å². The van der Waals surface area contributed by atoms with Crippen LogP contribution < -0.4 is 0 Å². The van der Waals surface area contributed by atoms with Gasteiger partial charge in [-0.3, -0.25) is 0 Å². The Hall–Kier alpha value is -0.770. The summed E-state index contributed by atoms with van der Waals surface area (Å²) in [6.07, 6.45) is 7.68. The van der Waals surface area contributed by atoms with Gasteiger partial charge in [0.1, 0.15) is 5.60 Å². The molecule has 1 saturated carbocycles. The zero-order valence-electron chi connectivity index (χ0n) is 13.9. The summed E-state index contributed by atoms with van der Waals surface area (Å²) in [5.74, 6) is 0. The van der Waals surface area contributed by atoms with Crippen LogP contribution in [0.15, 0.2) is 0 Å². The SMILES string of the molecule is CC(C)(C)OC(=O)N1CCC2(CC1)CC(N1CCCC1)C2. The smallest absolute Gasteiger partial charge is 0.410 e. The summed E-state index contributed by atoms with van der Waals surface area (Å²) in [6, 6.07) is 0.834. The zero-order valence-corrected chi connectivity index (χ0v) is 13.9. The van der Waals surface area contributed by atoms with Crippen LogP contribution in [0.5, 0.6) is 0 Å². The second-order valence-corrected chi connectivity index (χ2v) is 8.27. The topological polar surface area (TPSA) is 32.8 Å². The standard InChI is InChI=1S/C17H30N2O2/c1-16(2,3)21-15(20)19-10-6-17(7-11-19)12-14(13-17)18-8-4-5-9-18/h14H,4-13H2,1-3H3. The van der Waals surface area contributed by atoms with E-state index in [4.69, 9.17) is 4.74 Å². The van der Waals surface area contributed by atoms with Crippen LogP contribution in [0, 0.1) is 5.41 Å². The Labute approximate surface area is 128 Å². The average Bonchev–Trinajstić information content (AvgIpc) is 2.87. The predicted molar refractivity (Wildman–Crippen MR) is 83.3 cm³/mol. The van der Waals surface area contributed by atoms with Crippen LogP contribution in [0.3, 0.4) is 0 Å². The Morgan fingerprint density at radius 3 is 2.14 bits per heavy atom. The number of rotatable bonds is 1. The summed E-state index contributed by atoms with van der Waals surface area (Å²) in [7, 11) is 0. The highest BCUT2D eigenvalue weighted by atomic mass is 16.6. The first-order valence-electron chi connectivity index (χ1n) is 8.59. The van der Waals surface area contributed by atoms with Gasteiger partial charge in [0.15, 0.2) is 0 Å². The molecule has 1 amide bonds. The summed E-state index contributed by atoms with van der Waals surface area (Å²) < 4.78 is 5.48. The van der Waals surface area contributed by atoms with E-state index < -0.39 is 0 Å². The van der Waals surface area contributed by atoms with Gasteiger partial charge in [-0.1, -0.05) is 0 Å². The van der Waals surface area contributed by atoms with Crippen molar-refractivity contribution in [3.63, 3.8) is 0 Å². The van der Waals surface area contributed by atoms with E-state index in [2.05, 4.69) is 4.90 Å². The Bertz CT molecular complexity index is 380. The van der Waals surface area contributed by atoms with Crippen LogP contribution in [-0.2, 0) is 4.74 Å². The third-order valence-corrected chi connectivity index (χ3v) is 5.47. The Morgan fingerprint density at radius 2 is 1.62 bits per heavy atom. The molecule has 2 heterocycles. The molecule has 21 heavy (non-hydrogen) atoms. The fourth-order valence-corrected chi connectivity index (χ4v) is 4.20. The number of ether oxygens (including phenoxy) is 1. The van der Waals surface area contributed by atoms with Crippen LogP contribution in [-0.4, -0.2) is 53.7 Å². The largest absolute Gasteiger partial charge is 0.444 e. The number of piperidine rings is 1. The highest BCUT2D eigenvalue weighted by molar-refractivity contribution is 5.68. The van der Waals surface area contributed by atoms with Crippen LogP contribution in [0.25, 0.3) is 0 Å². The monoisotopic (exact) mass is 294 g/mol. The van der Waals surface area contributed by atoms with E-state index in [9.17, 15) is 4.79 Å². The second kappa shape index (κ2) is 5.45. The Morgan fingerprint density at radius 1 is 1.05 bits per heavy atom. The molecule has 0 radical (unpaired) electrons. The first kappa shape index (κ1) is 15.1. The van der Waals surface area contributed by atoms with Gasteiger partial charge in [0.05, 0.1) is 0 Å². The second-order valence-electron chi connectivity index (χ2n) is 8.27. The van der Waals surface area contributed by atoms with Crippen LogP contribution in [0.4, 0.5) is 4.79 Å². The number of amides is 1. The van der Waals surface area contributed by atoms with Crippen molar-refractivity contribution < 1.29 is 9.53 Å². The maximum absolute atomic E-state index is 12.1. The van der Waals surface area contributed by atoms with Gasteiger partial charge in [-0.15, -0.1) is 0 Å². The highest BCUT2D eigenvalue weighted by Crippen LogP contribution is 2.51. The molecule has 0 aromatic carbocycles. The zero-order chi connectivity index (χ0) is 15.1. The number of carbonyl (C=O) groups excluding carboxylic acids is 1. The summed E-state index contributed by atoms with van der Waals surface area (Å²) in [5.41, 5.74) is 0.148. The molecule has 3 rings (SSSR count). The van der Waals surface area contributed by atoms with Crippen LogP contribution in [0.2, 0.25) is 0 Å². The van der Waals surface area contributed by atoms with E-state index in [-0.39, 0.29) is 11.7 Å². The maximum Gasteiger partial charge on any atom is 0.410 e. The lowest BCUT2D eigenvalue weighted by Gasteiger charge is -2.54. The molecule has 1 aliphatic carbocycles. The highest BCUT2D eigenvalue weighted by Gasteiger charge is 2.48. The molecular weight excluding hydrogens is 264 g/mol. The molecule has 0 bridgehead atoms. The molecule has 0 N–H and O–H groups in total. The summed E-state index contributed by atoms with van der Waals surface area (Å²) >= 11 is 0. The fraction of sp³-hybridized carbons (Fsp3) is 0.941. The minimum absolute atomic E-state index is 0.132. The average molecular weight is 294 g/mol. The fourth-order valence-electron chi connectivity index (χ4n) is 4.20. The molecule has 1 spiro atoms. The lowest BCUT2D eigenvalue weighted by Crippen LogP contribution is -2.55. The van der Waals surface area contributed by atoms with Gasteiger partial charge in [-0.25, -0.2) is 4.79 Å². The third kappa shape index (κ3) is 3.36. The van der Waals surface area contributed by atoms with Crippen LogP contribution >= 0.6 is 0 Å². The summed E-state index contributed by atoms with van der Waals surface area (Å²) in [6.45, 7) is 10.2. The van der Waals surface area contributed by atoms with E-state index in [1.54, 1.807) is 0 Å². The van der Waals surface area contributed by atoms with Crippen molar-refractivity contribution in [2.45, 2.75) is 70.9 Å². The molecule has 0 aromatic rings. The van der Waals surface area contributed by atoms with Crippen molar-refractivity contribution in [3.8, 4) is 0 Å². The minimum Gasteiger partial charge on any atom is -0.444 e. The Kier molecular flexibility index (Phi) is 3.93. The number of hydrogen-bond acceptors (Lipinski definition) is 3. The van der Waals surface area contributed by atoms with E-state index in [1.807, 2.05) is 25.7 Å². The van der Waals surface area contributed by atoms with Gasteiger partial charge >= 0.3 is 6.09 Å². The molecule has 0 atom stereocenters. The quantitative estimate of drug-likeness (QED) is 0.744. The molecule has 2 saturated heterocycles. The first-order valence-corrected chi connectivity index (χ1v) is 8.59. The maximum atomic E-state index is 12.1. The molecule has 0 aromatic heterocycles. The molecule has 2 aliphatic heterocycles. The van der Waals surface area contributed by atoms with Gasteiger partial charge < -0.3 is 14.5 Å². The minimum atomic E-state index is -0.385. The third-order valence-electron chi connectivity index (χ3n) is 5.47. The van der Waals surface area contributed by atoms with E-state index in [0.717, 1.165) is 32.0 Å². The molecule has 4 nitrogen and oxygen atoms in total. The van der Waals surface area contributed by atoms with Crippen molar-refractivity contribution in [2.75, 3.05) is 26.2 Å². The lowest BCUT2D eigenvalue weighted by atomic mass is 9.60. The Balaban J connectivity index is 1.45. The van der Waals surface area contributed by atoms with Crippen molar-refractivity contribution >= 4 is 6.09 Å². The lowest BCUT2D eigenvalue weighted by molar-refractivity contribution is -0.0421. The van der Waals surface area contributed by atoms with Crippen LogP contribution in [0.1, 0.15) is 59.3 Å². The van der Waals surface area contributed by atoms with Crippen molar-refractivity contribution in [2.24, 2.45) is 5.41 Å². The molecule has 3 aliphatic rings. The molecule has 4 heteroatoms. The van der Waals surface area contributed by atoms with E-state index >= 15 is 0 Å². The summed E-state index contributed by atoms with van der Waals surface area (Å²) in [4.78, 5) is 16.7. The predicted octanol–water partition coefficient (Wildman–Crippen LogP) is 3.26. The number of nitrogens with zero attached hydrogens (tertiary/aromatic N) is 2. The molecule has 0 unspecified atom stereocenters.